The van der Waals surface area contributed by atoms with Gasteiger partial charge in [-0.25, -0.2) is 0 Å². The highest BCUT2D eigenvalue weighted by molar-refractivity contribution is 5.06. The van der Waals surface area contributed by atoms with Gasteiger partial charge in [-0.1, -0.05) is 6.92 Å². The second-order valence-corrected chi connectivity index (χ2v) is 7.13. The topological polar surface area (TPSA) is 12.0 Å². The molecule has 1 heteroatoms. The van der Waals surface area contributed by atoms with E-state index in [0.717, 1.165) is 30.7 Å². The van der Waals surface area contributed by atoms with E-state index in [1.165, 1.54) is 44.9 Å². The fourth-order valence-corrected chi connectivity index (χ4v) is 5.70. The van der Waals surface area contributed by atoms with Gasteiger partial charge in [-0.15, -0.1) is 12.3 Å². The largest absolute Gasteiger partial charge is 0.314 e. The first-order valence-electron chi connectivity index (χ1n) is 7.92. The Hall–Kier alpha value is -0.480. The monoisotopic (exact) mass is 245 g/mol. The normalized spacial score (nSPS) is 42.8. The molecule has 0 aromatic rings. The van der Waals surface area contributed by atoms with Crippen LogP contribution in [-0.2, 0) is 0 Å². The minimum atomic E-state index is 0.613. The van der Waals surface area contributed by atoms with Crippen molar-refractivity contribution in [2.45, 2.75) is 64.3 Å². The van der Waals surface area contributed by atoms with Gasteiger partial charge in [-0.2, -0.15) is 0 Å². The molecular formula is C17H27N. The van der Waals surface area contributed by atoms with Crippen LogP contribution in [0.15, 0.2) is 0 Å². The van der Waals surface area contributed by atoms with Gasteiger partial charge < -0.3 is 5.32 Å². The summed E-state index contributed by atoms with van der Waals surface area (Å²) in [6.45, 7) is 3.33. The Morgan fingerprint density at radius 1 is 1.17 bits per heavy atom. The molecule has 1 unspecified atom stereocenters. The van der Waals surface area contributed by atoms with Gasteiger partial charge in [0, 0.05) is 12.5 Å². The zero-order valence-corrected chi connectivity index (χ0v) is 11.8. The van der Waals surface area contributed by atoms with Crippen molar-refractivity contribution in [1.29, 1.82) is 0 Å². The first kappa shape index (κ1) is 12.5. The van der Waals surface area contributed by atoms with Gasteiger partial charge in [-0.05, 0) is 74.7 Å². The molecule has 1 atom stereocenters. The number of hydrogen-bond donors (Lipinski definition) is 1. The summed E-state index contributed by atoms with van der Waals surface area (Å²) in [6.07, 6.45) is 16.7. The third-order valence-corrected chi connectivity index (χ3v) is 5.85. The fourth-order valence-electron chi connectivity index (χ4n) is 5.70. The van der Waals surface area contributed by atoms with E-state index in [2.05, 4.69) is 18.2 Å². The van der Waals surface area contributed by atoms with Crippen molar-refractivity contribution in [1.82, 2.24) is 5.32 Å². The number of terminal acetylenes is 1. The van der Waals surface area contributed by atoms with Gasteiger partial charge in [0.25, 0.3) is 0 Å². The molecule has 4 aliphatic carbocycles. The van der Waals surface area contributed by atoms with Crippen LogP contribution in [0.5, 0.6) is 0 Å². The van der Waals surface area contributed by atoms with Gasteiger partial charge in [0.05, 0.1) is 0 Å². The summed E-state index contributed by atoms with van der Waals surface area (Å²) in [5.74, 6) is 5.98. The van der Waals surface area contributed by atoms with Crippen LogP contribution in [0.25, 0.3) is 0 Å². The lowest BCUT2D eigenvalue weighted by Crippen LogP contribution is -2.55. The third kappa shape index (κ3) is 2.10. The molecular weight excluding hydrogens is 218 g/mol. The SMILES string of the molecule is C#CCCC(NCC)C12CC3CC(CC(C3)C1)C2. The van der Waals surface area contributed by atoms with Crippen molar-refractivity contribution in [3.63, 3.8) is 0 Å². The molecule has 0 radical (unpaired) electrons. The molecule has 4 fully saturated rings. The molecule has 0 aromatic heterocycles. The van der Waals surface area contributed by atoms with Gasteiger partial charge >= 0.3 is 0 Å². The standard InChI is InChI=1S/C17H27N/c1-3-5-6-16(18-4-2)17-10-13-7-14(11-17)9-15(8-13)12-17/h1,13-16,18H,4-12H2,2H3. The summed E-state index contributed by atoms with van der Waals surface area (Å²) >= 11 is 0. The zero-order valence-electron chi connectivity index (χ0n) is 11.8. The van der Waals surface area contributed by atoms with Crippen LogP contribution in [0.2, 0.25) is 0 Å². The van der Waals surface area contributed by atoms with E-state index in [-0.39, 0.29) is 0 Å². The number of hydrogen-bond acceptors (Lipinski definition) is 1. The summed E-state index contributed by atoms with van der Waals surface area (Å²) in [5.41, 5.74) is 0.613. The average Bonchev–Trinajstić information content (AvgIpc) is 2.32. The number of nitrogens with one attached hydrogen (secondary N) is 1. The second kappa shape index (κ2) is 4.89. The molecule has 4 saturated carbocycles. The molecule has 4 rings (SSSR count). The van der Waals surface area contributed by atoms with Crippen molar-refractivity contribution in [3.8, 4) is 12.3 Å². The van der Waals surface area contributed by atoms with E-state index in [0.29, 0.717) is 11.5 Å². The average molecular weight is 245 g/mol. The quantitative estimate of drug-likeness (QED) is 0.730. The summed E-state index contributed by atoms with van der Waals surface area (Å²) in [7, 11) is 0. The minimum absolute atomic E-state index is 0.613. The lowest BCUT2D eigenvalue weighted by Gasteiger charge is -2.59. The molecule has 4 aliphatic rings. The maximum absolute atomic E-state index is 5.49. The summed E-state index contributed by atoms with van der Waals surface area (Å²) in [5, 5.41) is 3.78. The van der Waals surface area contributed by atoms with E-state index < -0.39 is 0 Å². The second-order valence-electron chi connectivity index (χ2n) is 7.13. The highest BCUT2D eigenvalue weighted by Crippen LogP contribution is 2.61. The van der Waals surface area contributed by atoms with E-state index in [9.17, 15) is 0 Å². The van der Waals surface area contributed by atoms with Crippen molar-refractivity contribution in [2.75, 3.05) is 6.54 Å². The van der Waals surface area contributed by atoms with Crippen LogP contribution < -0.4 is 5.32 Å². The van der Waals surface area contributed by atoms with Gasteiger partial charge in [0.15, 0.2) is 0 Å². The Bertz CT molecular complexity index is 303. The summed E-state index contributed by atoms with van der Waals surface area (Å²) in [4.78, 5) is 0. The molecule has 0 aliphatic heterocycles. The van der Waals surface area contributed by atoms with Gasteiger partial charge in [-0.3, -0.25) is 0 Å². The highest BCUT2D eigenvalue weighted by Gasteiger charge is 2.53. The molecule has 18 heavy (non-hydrogen) atoms. The zero-order chi connectivity index (χ0) is 12.6. The minimum Gasteiger partial charge on any atom is -0.314 e. The smallest absolute Gasteiger partial charge is 0.0133 e. The Morgan fingerprint density at radius 3 is 2.17 bits per heavy atom. The Labute approximate surface area is 112 Å². The van der Waals surface area contributed by atoms with Crippen molar-refractivity contribution in [3.05, 3.63) is 0 Å². The van der Waals surface area contributed by atoms with E-state index in [4.69, 9.17) is 6.42 Å². The lowest BCUT2D eigenvalue weighted by atomic mass is 9.47. The Morgan fingerprint density at radius 2 is 1.72 bits per heavy atom. The number of rotatable bonds is 5. The summed E-state index contributed by atoms with van der Waals surface area (Å²) < 4.78 is 0. The Kier molecular flexibility index (Phi) is 3.41. The first-order chi connectivity index (χ1) is 8.75. The molecule has 0 heterocycles. The van der Waals surface area contributed by atoms with Crippen LogP contribution in [0.4, 0.5) is 0 Å². The maximum Gasteiger partial charge on any atom is 0.0133 e. The molecule has 100 valence electrons. The molecule has 0 amide bonds. The first-order valence-corrected chi connectivity index (χ1v) is 7.92. The van der Waals surface area contributed by atoms with Crippen LogP contribution in [0.1, 0.15) is 58.3 Å². The van der Waals surface area contributed by atoms with Gasteiger partial charge in [0.2, 0.25) is 0 Å². The maximum atomic E-state index is 5.49. The van der Waals surface area contributed by atoms with Crippen LogP contribution in [0, 0.1) is 35.5 Å². The molecule has 0 aromatic carbocycles. The van der Waals surface area contributed by atoms with Crippen molar-refractivity contribution in [2.24, 2.45) is 23.2 Å². The van der Waals surface area contributed by atoms with Crippen LogP contribution >= 0.6 is 0 Å². The molecule has 4 bridgehead atoms. The van der Waals surface area contributed by atoms with E-state index in [1.54, 1.807) is 0 Å². The van der Waals surface area contributed by atoms with E-state index >= 15 is 0 Å². The summed E-state index contributed by atoms with van der Waals surface area (Å²) in [6, 6.07) is 0.687. The molecule has 0 spiro atoms. The van der Waals surface area contributed by atoms with Crippen LogP contribution in [-0.4, -0.2) is 12.6 Å². The van der Waals surface area contributed by atoms with Crippen molar-refractivity contribution < 1.29 is 0 Å². The predicted octanol–water partition coefficient (Wildman–Crippen LogP) is 3.59. The van der Waals surface area contributed by atoms with Gasteiger partial charge in [0.1, 0.15) is 0 Å². The Balaban J connectivity index is 1.77. The fraction of sp³-hybridized carbons (Fsp3) is 0.882. The van der Waals surface area contributed by atoms with Crippen molar-refractivity contribution >= 4 is 0 Å². The molecule has 1 nitrogen and oxygen atoms in total. The van der Waals surface area contributed by atoms with Crippen LogP contribution in [0.3, 0.4) is 0 Å². The van der Waals surface area contributed by atoms with E-state index in [1.807, 2.05) is 0 Å². The molecule has 1 N–H and O–H groups in total. The third-order valence-electron chi connectivity index (χ3n) is 5.85. The highest BCUT2D eigenvalue weighted by atomic mass is 14.9. The lowest BCUT2D eigenvalue weighted by molar-refractivity contribution is -0.0746. The molecule has 0 saturated heterocycles. The predicted molar refractivity (Wildman–Crippen MR) is 76.1 cm³/mol.